The Hall–Kier alpha value is -3.66. The lowest BCUT2D eigenvalue weighted by Gasteiger charge is -2.07. The largest absolute Gasteiger partial charge is 0.507 e. The standard InChI is InChI=1S/C20H18BrN5O4/c1-12-17(20(30)26(25(12)2)15-6-4-3-5-7-15)23-18(28)19(29)24-22-11-13-10-14(21)8-9-16(13)27/h3-11,27H,1-2H3,(H,23,28)(H,24,29)/b22-11+. The molecule has 0 radical (unpaired) electrons. The van der Waals surface area contributed by atoms with Gasteiger partial charge in [-0.3, -0.25) is 19.1 Å². The van der Waals surface area contributed by atoms with Crippen molar-refractivity contribution in [1.29, 1.82) is 0 Å². The van der Waals surface area contributed by atoms with E-state index in [4.69, 9.17) is 0 Å². The summed E-state index contributed by atoms with van der Waals surface area (Å²) >= 11 is 3.26. The highest BCUT2D eigenvalue weighted by molar-refractivity contribution is 9.10. The number of nitrogens with zero attached hydrogens (tertiary/aromatic N) is 3. The lowest BCUT2D eigenvalue weighted by atomic mass is 10.2. The monoisotopic (exact) mass is 471 g/mol. The van der Waals surface area contributed by atoms with E-state index in [9.17, 15) is 19.5 Å². The lowest BCUT2D eigenvalue weighted by Crippen LogP contribution is -2.34. The number of hydrazone groups is 1. The molecule has 10 heteroatoms. The van der Waals surface area contributed by atoms with Crippen molar-refractivity contribution in [2.75, 3.05) is 5.32 Å². The predicted molar refractivity (Wildman–Crippen MR) is 116 cm³/mol. The van der Waals surface area contributed by atoms with Crippen LogP contribution in [0.4, 0.5) is 5.69 Å². The molecule has 0 atom stereocenters. The molecule has 0 saturated heterocycles. The van der Waals surface area contributed by atoms with Gasteiger partial charge >= 0.3 is 11.8 Å². The van der Waals surface area contributed by atoms with Gasteiger partial charge in [0.05, 0.1) is 17.6 Å². The minimum atomic E-state index is -1.06. The molecule has 0 fully saturated rings. The number of carbonyl (C=O) groups is 2. The highest BCUT2D eigenvalue weighted by Crippen LogP contribution is 2.20. The second-order valence-corrected chi connectivity index (χ2v) is 7.21. The van der Waals surface area contributed by atoms with E-state index in [0.717, 1.165) is 0 Å². The van der Waals surface area contributed by atoms with Crippen molar-refractivity contribution in [3.8, 4) is 11.4 Å². The molecule has 1 heterocycles. The zero-order valence-corrected chi connectivity index (χ0v) is 17.7. The molecular formula is C20H18BrN5O4. The number of anilines is 1. The lowest BCUT2D eigenvalue weighted by molar-refractivity contribution is -0.136. The van der Waals surface area contributed by atoms with Gasteiger partial charge in [0.2, 0.25) is 0 Å². The van der Waals surface area contributed by atoms with E-state index in [-0.39, 0.29) is 11.4 Å². The third-order valence-electron chi connectivity index (χ3n) is 4.36. The van der Waals surface area contributed by atoms with Crippen LogP contribution in [-0.2, 0) is 16.6 Å². The van der Waals surface area contributed by atoms with Crippen molar-refractivity contribution in [1.82, 2.24) is 14.8 Å². The summed E-state index contributed by atoms with van der Waals surface area (Å²) in [6.45, 7) is 1.66. The van der Waals surface area contributed by atoms with E-state index in [1.54, 1.807) is 55.1 Å². The van der Waals surface area contributed by atoms with Gasteiger partial charge in [-0.15, -0.1) is 0 Å². The van der Waals surface area contributed by atoms with Crippen molar-refractivity contribution in [3.05, 3.63) is 74.6 Å². The van der Waals surface area contributed by atoms with Gasteiger partial charge < -0.3 is 10.4 Å². The summed E-state index contributed by atoms with van der Waals surface area (Å²) in [5.74, 6) is -2.15. The number of hydrogen-bond donors (Lipinski definition) is 3. The number of rotatable bonds is 4. The van der Waals surface area contributed by atoms with Gasteiger partial charge in [0, 0.05) is 17.1 Å². The van der Waals surface area contributed by atoms with Crippen LogP contribution in [0, 0.1) is 6.92 Å². The minimum absolute atomic E-state index is 0.00452. The van der Waals surface area contributed by atoms with E-state index in [1.165, 1.54) is 17.0 Å². The second kappa shape index (κ2) is 8.78. The van der Waals surface area contributed by atoms with Gasteiger partial charge in [0.1, 0.15) is 11.4 Å². The first-order chi connectivity index (χ1) is 14.3. The molecule has 0 spiro atoms. The number of carbonyl (C=O) groups excluding carboxylic acids is 2. The van der Waals surface area contributed by atoms with Crippen molar-refractivity contribution in [2.45, 2.75) is 6.92 Å². The number of benzene rings is 2. The normalized spacial score (nSPS) is 10.9. The van der Waals surface area contributed by atoms with Gasteiger partial charge in [0.25, 0.3) is 5.56 Å². The highest BCUT2D eigenvalue weighted by atomic mass is 79.9. The van der Waals surface area contributed by atoms with Crippen LogP contribution in [0.2, 0.25) is 0 Å². The number of halogens is 1. The molecule has 0 aliphatic heterocycles. The van der Waals surface area contributed by atoms with E-state index < -0.39 is 17.4 Å². The summed E-state index contributed by atoms with van der Waals surface area (Å²) in [6.07, 6.45) is 1.20. The maximum Gasteiger partial charge on any atom is 0.329 e. The number of aromatic hydroxyl groups is 1. The number of phenols is 1. The Bertz CT molecular complexity index is 1200. The molecule has 2 amide bonds. The Labute approximate surface area is 179 Å². The molecule has 2 aromatic carbocycles. The molecule has 1 aromatic heterocycles. The van der Waals surface area contributed by atoms with Crippen LogP contribution in [0.25, 0.3) is 5.69 Å². The molecule has 0 saturated carbocycles. The molecular weight excluding hydrogens is 454 g/mol. The third kappa shape index (κ3) is 4.33. The number of phenolic OH excluding ortho intramolecular Hbond substituents is 1. The summed E-state index contributed by atoms with van der Waals surface area (Å²) in [4.78, 5) is 37.0. The van der Waals surface area contributed by atoms with Crippen LogP contribution in [-0.4, -0.2) is 32.5 Å². The van der Waals surface area contributed by atoms with E-state index in [2.05, 4.69) is 31.8 Å². The van der Waals surface area contributed by atoms with Gasteiger partial charge in [0.15, 0.2) is 0 Å². The Morgan fingerprint density at radius 3 is 2.53 bits per heavy atom. The van der Waals surface area contributed by atoms with E-state index in [0.29, 0.717) is 21.4 Å². The maximum absolute atomic E-state index is 12.8. The smallest absolute Gasteiger partial charge is 0.329 e. The quantitative estimate of drug-likeness (QED) is 0.306. The molecule has 0 unspecified atom stereocenters. The van der Waals surface area contributed by atoms with Crippen LogP contribution in [0.15, 0.2) is 62.9 Å². The van der Waals surface area contributed by atoms with Crippen molar-refractivity contribution in [3.63, 3.8) is 0 Å². The topological polar surface area (TPSA) is 118 Å². The van der Waals surface area contributed by atoms with Crippen LogP contribution < -0.4 is 16.3 Å². The summed E-state index contributed by atoms with van der Waals surface area (Å²) < 4.78 is 3.68. The zero-order chi connectivity index (χ0) is 21.8. The average molecular weight is 472 g/mol. The molecule has 9 nitrogen and oxygen atoms in total. The van der Waals surface area contributed by atoms with E-state index in [1.807, 2.05) is 6.07 Å². The third-order valence-corrected chi connectivity index (χ3v) is 4.85. The minimum Gasteiger partial charge on any atom is -0.507 e. The fourth-order valence-electron chi connectivity index (χ4n) is 2.72. The van der Waals surface area contributed by atoms with Gasteiger partial charge in [-0.05, 0) is 37.3 Å². The fourth-order valence-corrected chi connectivity index (χ4v) is 3.10. The number of aromatic nitrogens is 2. The van der Waals surface area contributed by atoms with Crippen LogP contribution >= 0.6 is 15.9 Å². The van der Waals surface area contributed by atoms with Gasteiger partial charge in [-0.25, -0.2) is 10.1 Å². The summed E-state index contributed by atoms with van der Waals surface area (Å²) in [5.41, 5.74) is 3.04. The molecule has 3 aromatic rings. The molecule has 0 aliphatic rings. The number of hydrogen-bond acceptors (Lipinski definition) is 5. The molecule has 154 valence electrons. The first kappa shape index (κ1) is 21.1. The van der Waals surface area contributed by atoms with Crippen LogP contribution in [0.5, 0.6) is 5.75 Å². The Balaban J connectivity index is 1.74. The molecule has 0 bridgehead atoms. The Morgan fingerprint density at radius 2 is 1.83 bits per heavy atom. The van der Waals surface area contributed by atoms with Crippen molar-refractivity contribution in [2.24, 2.45) is 12.1 Å². The summed E-state index contributed by atoms with van der Waals surface area (Å²) in [6, 6.07) is 13.6. The van der Waals surface area contributed by atoms with Crippen LogP contribution in [0.1, 0.15) is 11.3 Å². The average Bonchev–Trinajstić information content (AvgIpc) is 2.94. The first-order valence-electron chi connectivity index (χ1n) is 8.76. The van der Waals surface area contributed by atoms with Crippen molar-refractivity contribution < 1.29 is 14.7 Å². The Kier molecular flexibility index (Phi) is 6.17. The van der Waals surface area contributed by atoms with Crippen LogP contribution in [0.3, 0.4) is 0 Å². The van der Waals surface area contributed by atoms with Gasteiger partial charge in [-0.2, -0.15) is 5.10 Å². The molecule has 3 rings (SSSR count). The summed E-state index contributed by atoms with van der Waals surface area (Å²) in [5, 5.41) is 15.8. The fraction of sp³-hybridized carbons (Fsp3) is 0.100. The molecule has 0 aliphatic carbocycles. The molecule has 3 N–H and O–H groups in total. The SMILES string of the molecule is Cc1c(NC(=O)C(=O)N/N=C/c2cc(Br)ccc2O)c(=O)n(-c2ccccc2)n1C. The first-order valence-corrected chi connectivity index (χ1v) is 9.56. The van der Waals surface area contributed by atoms with Gasteiger partial charge in [-0.1, -0.05) is 34.1 Å². The second-order valence-electron chi connectivity index (χ2n) is 6.29. The zero-order valence-electron chi connectivity index (χ0n) is 16.1. The highest BCUT2D eigenvalue weighted by Gasteiger charge is 2.21. The number of para-hydroxylation sites is 1. The summed E-state index contributed by atoms with van der Waals surface area (Å²) in [7, 11) is 1.67. The number of nitrogens with one attached hydrogen (secondary N) is 2. The Morgan fingerprint density at radius 1 is 1.13 bits per heavy atom. The number of amides is 2. The van der Waals surface area contributed by atoms with Crippen molar-refractivity contribution >= 4 is 39.6 Å². The maximum atomic E-state index is 12.8. The van der Waals surface area contributed by atoms with E-state index >= 15 is 0 Å². The molecule has 30 heavy (non-hydrogen) atoms. The predicted octanol–water partition coefficient (Wildman–Crippen LogP) is 2.04.